The van der Waals surface area contributed by atoms with Crippen LogP contribution in [0.2, 0.25) is 0 Å². The molecule has 2 aliphatic rings. The highest BCUT2D eigenvalue weighted by molar-refractivity contribution is 7.22. The maximum atomic E-state index is 12.2. The summed E-state index contributed by atoms with van der Waals surface area (Å²) >= 11 is 1.75. The monoisotopic (exact) mass is 315 g/mol. The third-order valence-corrected chi connectivity index (χ3v) is 5.97. The lowest BCUT2D eigenvalue weighted by Gasteiger charge is -2.33. The summed E-state index contributed by atoms with van der Waals surface area (Å²) in [6.45, 7) is 1.87. The molecule has 2 fully saturated rings. The van der Waals surface area contributed by atoms with E-state index in [9.17, 15) is 4.79 Å². The average molecular weight is 315 g/mol. The Morgan fingerprint density at radius 3 is 2.64 bits per heavy atom. The van der Waals surface area contributed by atoms with Crippen LogP contribution in [-0.4, -0.2) is 30.0 Å². The molecule has 1 saturated heterocycles. The number of nitrogens with one attached hydrogen (secondary N) is 1. The summed E-state index contributed by atoms with van der Waals surface area (Å²) in [5.41, 5.74) is 1.08. The number of piperidine rings is 1. The lowest BCUT2D eigenvalue weighted by molar-refractivity contribution is -0.126. The average Bonchev–Trinajstić information content (AvgIpc) is 2.95. The van der Waals surface area contributed by atoms with Gasteiger partial charge in [-0.3, -0.25) is 4.79 Å². The maximum absolute atomic E-state index is 12.2. The second-order valence-corrected chi connectivity index (χ2v) is 7.37. The van der Waals surface area contributed by atoms with Crippen molar-refractivity contribution in [3.05, 3.63) is 24.3 Å². The number of hydrogen-bond donors (Lipinski definition) is 1. The second kappa shape index (κ2) is 5.88. The van der Waals surface area contributed by atoms with Crippen molar-refractivity contribution in [3.8, 4) is 0 Å². The fourth-order valence-electron chi connectivity index (χ4n) is 3.20. The molecular formula is C17H21N3OS. The number of hydrogen-bond acceptors (Lipinski definition) is 4. The number of rotatable bonds is 3. The number of fused-ring (bicyclic) bond motifs is 1. The van der Waals surface area contributed by atoms with Crippen LogP contribution in [0.5, 0.6) is 0 Å². The Morgan fingerprint density at radius 2 is 1.95 bits per heavy atom. The van der Waals surface area contributed by atoms with E-state index < -0.39 is 0 Å². The number of nitrogens with zero attached hydrogens (tertiary/aromatic N) is 2. The fourth-order valence-corrected chi connectivity index (χ4v) is 4.22. The largest absolute Gasteiger partial charge is 0.353 e. The zero-order valence-corrected chi connectivity index (χ0v) is 13.4. The fraction of sp³-hybridized carbons (Fsp3) is 0.529. The van der Waals surface area contributed by atoms with E-state index in [4.69, 9.17) is 4.98 Å². The number of aromatic nitrogens is 1. The van der Waals surface area contributed by atoms with Gasteiger partial charge in [-0.25, -0.2) is 4.98 Å². The standard InChI is InChI=1S/C17H21N3OS/c21-16(18-13-4-3-5-13)12-8-10-20(11-9-12)17-19-14-6-1-2-7-15(14)22-17/h1-2,6-7,12-13H,3-5,8-11H2,(H,18,21). The lowest BCUT2D eigenvalue weighted by Crippen LogP contribution is -2.46. The van der Waals surface area contributed by atoms with Crippen molar-refractivity contribution in [1.29, 1.82) is 0 Å². The summed E-state index contributed by atoms with van der Waals surface area (Å²) < 4.78 is 1.24. The first-order valence-electron chi connectivity index (χ1n) is 8.20. The molecule has 0 bridgehead atoms. The Hall–Kier alpha value is -1.62. The molecule has 0 unspecified atom stereocenters. The van der Waals surface area contributed by atoms with Crippen molar-refractivity contribution < 1.29 is 4.79 Å². The quantitative estimate of drug-likeness (QED) is 0.946. The molecule has 2 aromatic rings. The molecule has 1 aliphatic heterocycles. The first-order valence-corrected chi connectivity index (χ1v) is 9.02. The smallest absolute Gasteiger partial charge is 0.223 e. The zero-order chi connectivity index (χ0) is 14.9. The number of thiazole rings is 1. The topological polar surface area (TPSA) is 45.2 Å². The lowest BCUT2D eigenvalue weighted by atomic mass is 9.90. The van der Waals surface area contributed by atoms with Crippen LogP contribution in [0.25, 0.3) is 10.2 Å². The van der Waals surface area contributed by atoms with E-state index in [0.29, 0.717) is 6.04 Å². The van der Waals surface area contributed by atoms with Gasteiger partial charge in [0.25, 0.3) is 0 Å². The molecule has 22 heavy (non-hydrogen) atoms. The van der Waals surface area contributed by atoms with Gasteiger partial charge in [-0.2, -0.15) is 0 Å². The van der Waals surface area contributed by atoms with Crippen molar-refractivity contribution in [2.45, 2.75) is 38.1 Å². The van der Waals surface area contributed by atoms with E-state index >= 15 is 0 Å². The number of carbonyl (C=O) groups is 1. The number of carbonyl (C=O) groups excluding carboxylic acids is 1. The van der Waals surface area contributed by atoms with Crippen molar-refractivity contribution in [1.82, 2.24) is 10.3 Å². The second-order valence-electron chi connectivity index (χ2n) is 6.36. The summed E-state index contributed by atoms with van der Waals surface area (Å²) in [6.07, 6.45) is 5.47. The highest BCUT2D eigenvalue weighted by atomic mass is 32.1. The molecule has 1 aromatic heterocycles. The van der Waals surface area contributed by atoms with Crippen LogP contribution in [0.15, 0.2) is 24.3 Å². The van der Waals surface area contributed by atoms with Crippen LogP contribution >= 0.6 is 11.3 Å². The Kier molecular flexibility index (Phi) is 3.74. The third kappa shape index (κ3) is 2.70. The molecule has 1 N–H and O–H groups in total. The number of amides is 1. The minimum absolute atomic E-state index is 0.186. The van der Waals surface area contributed by atoms with Gasteiger partial charge in [-0.15, -0.1) is 0 Å². The summed E-state index contributed by atoms with van der Waals surface area (Å²) in [7, 11) is 0. The van der Waals surface area contributed by atoms with E-state index in [2.05, 4.69) is 28.4 Å². The molecule has 0 atom stereocenters. The predicted octanol–water partition coefficient (Wildman–Crippen LogP) is 3.18. The van der Waals surface area contributed by atoms with Crippen LogP contribution in [0, 0.1) is 5.92 Å². The molecule has 116 valence electrons. The van der Waals surface area contributed by atoms with Crippen molar-refractivity contribution in [2.75, 3.05) is 18.0 Å². The first-order chi connectivity index (χ1) is 10.8. The molecule has 4 nitrogen and oxygen atoms in total. The molecule has 1 aromatic carbocycles. The predicted molar refractivity (Wildman–Crippen MR) is 90.3 cm³/mol. The summed E-state index contributed by atoms with van der Waals surface area (Å²) in [5, 5.41) is 4.29. The van der Waals surface area contributed by atoms with E-state index in [1.165, 1.54) is 11.1 Å². The van der Waals surface area contributed by atoms with Gasteiger partial charge in [0.05, 0.1) is 10.2 Å². The molecule has 0 spiro atoms. The van der Waals surface area contributed by atoms with Crippen LogP contribution in [-0.2, 0) is 4.79 Å². The van der Waals surface area contributed by atoms with Gasteiger partial charge in [0, 0.05) is 25.0 Å². The van der Waals surface area contributed by atoms with Crippen LogP contribution in [0.1, 0.15) is 32.1 Å². The Balaban J connectivity index is 1.37. The normalized spacial score (nSPS) is 20.1. The highest BCUT2D eigenvalue weighted by Crippen LogP contribution is 2.31. The Morgan fingerprint density at radius 1 is 1.18 bits per heavy atom. The minimum atomic E-state index is 0.186. The summed E-state index contributed by atoms with van der Waals surface area (Å²) in [4.78, 5) is 19.3. The molecule has 1 aliphatic carbocycles. The van der Waals surface area contributed by atoms with Gasteiger partial charge in [0.1, 0.15) is 0 Å². The van der Waals surface area contributed by atoms with Gasteiger partial charge in [0.2, 0.25) is 5.91 Å². The van der Waals surface area contributed by atoms with Crippen molar-refractivity contribution in [2.24, 2.45) is 5.92 Å². The first kappa shape index (κ1) is 14.0. The van der Waals surface area contributed by atoms with E-state index in [1.54, 1.807) is 11.3 Å². The number of para-hydroxylation sites is 1. The minimum Gasteiger partial charge on any atom is -0.353 e. The van der Waals surface area contributed by atoms with Crippen LogP contribution in [0.3, 0.4) is 0 Å². The van der Waals surface area contributed by atoms with Crippen molar-refractivity contribution >= 4 is 32.6 Å². The van der Waals surface area contributed by atoms with Gasteiger partial charge in [0.15, 0.2) is 5.13 Å². The van der Waals surface area contributed by atoms with Crippen LogP contribution < -0.4 is 10.2 Å². The van der Waals surface area contributed by atoms with Crippen molar-refractivity contribution in [3.63, 3.8) is 0 Å². The molecule has 2 heterocycles. The molecule has 0 radical (unpaired) electrons. The van der Waals surface area contributed by atoms with Gasteiger partial charge in [-0.1, -0.05) is 23.5 Å². The molecule has 5 heteroatoms. The SMILES string of the molecule is O=C(NC1CCC1)C1CCN(c2nc3ccccc3s2)CC1. The maximum Gasteiger partial charge on any atom is 0.223 e. The van der Waals surface area contributed by atoms with E-state index in [-0.39, 0.29) is 11.8 Å². The zero-order valence-electron chi connectivity index (χ0n) is 12.6. The number of benzene rings is 1. The summed E-state index contributed by atoms with van der Waals surface area (Å²) in [6, 6.07) is 8.72. The van der Waals surface area contributed by atoms with E-state index in [1.807, 2.05) is 6.07 Å². The third-order valence-electron chi connectivity index (χ3n) is 4.87. The Labute approximate surface area is 134 Å². The van der Waals surface area contributed by atoms with E-state index in [0.717, 1.165) is 49.4 Å². The number of anilines is 1. The molecule has 4 rings (SSSR count). The van der Waals surface area contributed by atoms with Gasteiger partial charge < -0.3 is 10.2 Å². The van der Waals surface area contributed by atoms with Gasteiger partial charge in [-0.05, 0) is 44.2 Å². The highest BCUT2D eigenvalue weighted by Gasteiger charge is 2.29. The molecule has 1 amide bonds. The molecule has 1 saturated carbocycles. The summed E-state index contributed by atoms with van der Waals surface area (Å²) in [5.74, 6) is 0.458. The van der Waals surface area contributed by atoms with Gasteiger partial charge >= 0.3 is 0 Å². The van der Waals surface area contributed by atoms with Crippen LogP contribution in [0.4, 0.5) is 5.13 Å². The Bertz CT molecular complexity index is 638. The molecular weight excluding hydrogens is 294 g/mol.